The fourth-order valence-corrected chi connectivity index (χ4v) is 4.28. The van der Waals surface area contributed by atoms with Crippen molar-refractivity contribution >= 4 is 61.8 Å². The summed E-state index contributed by atoms with van der Waals surface area (Å²) < 4.78 is 26.5. The van der Waals surface area contributed by atoms with E-state index in [9.17, 15) is 8.42 Å². The highest BCUT2D eigenvalue weighted by Gasteiger charge is 2.21. The summed E-state index contributed by atoms with van der Waals surface area (Å²) in [6, 6.07) is 1.31. The van der Waals surface area contributed by atoms with Crippen LogP contribution in [0.4, 0.5) is 0 Å². The van der Waals surface area contributed by atoms with Crippen molar-refractivity contribution in [2.24, 2.45) is 11.7 Å². The Balaban J connectivity index is 2.83. The Morgan fingerprint density at radius 2 is 2.24 bits per heavy atom. The van der Waals surface area contributed by atoms with E-state index in [-0.39, 0.29) is 26.7 Å². The predicted molar refractivity (Wildman–Crippen MR) is 75.5 cm³/mol. The van der Waals surface area contributed by atoms with Gasteiger partial charge in [-0.3, -0.25) is 0 Å². The number of rotatable bonds is 5. The van der Waals surface area contributed by atoms with Crippen LogP contribution in [0.1, 0.15) is 6.92 Å². The first-order valence-electron chi connectivity index (χ1n) is 4.48. The van der Waals surface area contributed by atoms with Crippen molar-refractivity contribution in [2.45, 2.75) is 11.8 Å². The molecule has 0 fully saturated rings. The third kappa shape index (κ3) is 4.04. The minimum atomic E-state index is -3.67. The third-order valence-corrected chi connectivity index (χ3v) is 5.56. The molecule has 0 spiro atoms. The smallest absolute Gasteiger partial charge is 0.242 e. The van der Waals surface area contributed by atoms with Gasteiger partial charge in [0.2, 0.25) is 10.0 Å². The van der Waals surface area contributed by atoms with Gasteiger partial charge in [0.25, 0.3) is 0 Å². The van der Waals surface area contributed by atoms with Crippen LogP contribution >= 0.6 is 46.8 Å². The molecule has 0 aliphatic rings. The van der Waals surface area contributed by atoms with E-state index in [4.69, 9.17) is 41.2 Å². The van der Waals surface area contributed by atoms with Gasteiger partial charge in [-0.2, -0.15) is 0 Å². The molecule has 1 rings (SSSR count). The van der Waals surface area contributed by atoms with Gasteiger partial charge in [-0.1, -0.05) is 42.3 Å². The first-order valence-corrected chi connectivity index (χ1v) is 7.94. The third-order valence-electron chi connectivity index (χ3n) is 1.98. The second-order valence-electron chi connectivity index (χ2n) is 3.34. The van der Waals surface area contributed by atoms with E-state index in [1.54, 1.807) is 6.92 Å². The molecule has 0 bridgehead atoms. The van der Waals surface area contributed by atoms with Crippen LogP contribution in [0.2, 0.25) is 8.67 Å². The molecule has 4 nitrogen and oxygen atoms in total. The first kappa shape index (κ1) is 15.1. The van der Waals surface area contributed by atoms with E-state index in [2.05, 4.69) is 4.72 Å². The molecule has 9 heteroatoms. The van der Waals surface area contributed by atoms with Crippen molar-refractivity contribution in [3.8, 4) is 0 Å². The summed E-state index contributed by atoms with van der Waals surface area (Å²) >= 11 is 17.2. The van der Waals surface area contributed by atoms with Gasteiger partial charge in [0.1, 0.15) is 9.23 Å². The average molecular weight is 333 g/mol. The maximum atomic E-state index is 11.9. The molecule has 1 aromatic heterocycles. The van der Waals surface area contributed by atoms with Crippen LogP contribution in [0.3, 0.4) is 0 Å². The maximum Gasteiger partial charge on any atom is 0.242 e. The van der Waals surface area contributed by atoms with Gasteiger partial charge in [-0.25, -0.2) is 13.1 Å². The molecule has 0 saturated heterocycles. The zero-order valence-electron chi connectivity index (χ0n) is 8.74. The van der Waals surface area contributed by atoms with Crippen LogP contribution in [0, 0.1) is 5.92 Å². The lowest BCUT2D eigenvalue weighted by atomic mass is 10.2. The molecule has 0 radical (unpaired) electrons. The monoisotopic (exact) mass is 332 g/mol. The molecular weight excluding hydrogens is 323 g/mol. The SMILES string of the molecule is CC(CNS(=O)(=O)c1cc(Cl)sc1Cl)C(N)=S. The first-order chi connectivity index (χ1) is 7.74. The number of hydrogen-bond acceptors (Lipinski definition) is 4. The lowest BCUT2D eigenvalue weighted by molar-refractivity contribution is 0.575. The van der Waals surface area contributed by atoms with Crippen LogP contribution < -0.4 is 10.5 Å². The molecule has 3 N–H and O–H groups in total. The van der Waals surface area contributed by atoms with Gasteiger partial charge in [-0.15, -0.1) is 11.3 Å². The van der Waals surface area contributed by atoms with Gasteiger partial charge in [0.05, 0.1) is 9.32 Å². The van der Waals surface area contributed by atoms with Crippen LogP contribution in [-0.4, -0.2) is 20.0 Å². The minimum Gasteiger partial charge on any atom is -0.393 e. The second kappa shape index (κ2) is 5.81. The van der Waals surface area contributed by atoms with Crippen molar-refractivity contribution in [3.05, 3.63) is 14.7 Å². The minimum absolute atomic E-state index is 0.0238. The zero-order chi connectivity index (χ0) is 13.2. The standard InChI is InChI=1S/C8H10Cl2N2O2S3/c1-4(8(11)15)3-12-17(13,14)5-2-6(9)16-7(5)10/h2,4,12H,3H2,1H3,(H2,11,15). The summed E-state index contributed by atoms with van der Waals surface area (Å²) in [5, 5.41) is 0. The number of halogens is 2. The molecule has 1 heterocycles. The second-order valence-corrected chi connectivity index (χ2v) is 7.84. The Bertz CT molecular complexity index is 527. The van der Waals surface area contributed by atoms with E-state index in [1.165, 1.54) is 6.07 Å². The van der Waals surface area contributed by atoms with E-state index in [1.807, 2.05) is 0 Å². The van der Waals surface area contributed by atoms with Gasteiger partial charge in [-0.05, 0) is 6.07 Å². The summed E-state index contributed by atoms with van der Waals surface area (Å²) in [6.45, 7) is 1.86. The molecule has 17 heavy (non-hydrogen) atoms. The molecule has 1 unspecified atom stereocenters. The zero-order valence-corrected chi connectivity index (χ0v) is 12.7. The molecule has 96 valence electrons. The van der Waals surface area contributed by atoms with E-state index >= 15 is 0 Å². The average Bonchev–Trinajstić information content (AvgIpc) is 2.55. The van der Waals surface area contributed by atoms with Crippen LogP contribution in [0.25, 0.3) is 0 Å². The summed E-state index contributed by atoms with van der Waals surface area (Å²) in [7, 11) is -3.67. The number of nitrogens with one attached hydrogen (secondary N) is 1. The molecule has 1 atom stereocenters. The van der Waals surface area contributed by atoms with Gasteiger partial charge < -0.3 is 5.73 Å². The van der Waals surface area contributed by atoms with Crippen molar-refractivity contribution in [3.63, 3.8) is 0 Å². The Kier molecular flexibility index (Phi) is 5.18. The fraction of sp³-hybridized carbons (Fsp3) is 0.375. The van der Waals surface area contributed by atoms with Crippen LogP contribution in [0.15, 0.2) is 11.0 Å². The predicted octanol–water partition coefficient (Wildman–Crippen LogP) is 2.26. The summed E-state index contributed by atoms with van der Waals surface area (Å²) in [5.41, 5.74) is 5.39. The molecule has 0 amide bonds. The highest BCUT2D eigenvalue weighted by atomic mass is 35.5. The van der Waals surface area contributed by atoms with Gasteiger partial charge >= 0.3 is 0 Å². The Morgan fingerprint density at radius 3 is 2.65 bits per heavy atom. The van der Waals surface area contributed by atoms with Gasteiger partial charge in [0.15, 0.2) is 0 Å². The molecule has 1 aromatic rings. The molecular formula is C8H10Cl2N2O2S3. The quantitative estimate of drug-likeness (QED) is 0.811. The van der Waals surface area contributed by atoms with Crippen molar-refractivity contribution in [1.82, 2.24) is 4.72 Å². The lowest BCUT2D eigenvalue weighted by Crippen LogP contribution is -2.33. The topological polar surface area (TPSA) is 72.2 Å². The van der Waals surface area contributed by atoms with Crippen molar-refractivity contribution in [1.29, 1.82) is 0 Å². The Hall–Kier alpha value is 0.0800. The largest absolute Gasteiger partial charge is 0.393 e. The molecule has 0 aromatic carbocycles. The van der Waals surface area contributed by atoms with E-state index in [0.717, 1.165) is 11.3 Å². The van der Waals surface area contributed by atoms with Crippen LogP contribution in [0.5, 0.6) is 0 Å². The van der Waals surface area contributed by atoms with E-state index in [0.29, 0.717) is 4.34 Å². The summed E-state index contributed by atoms with van der Waals surface area (Å²) in [5.74, 6) is -0.229. The number of nitrogens with two attached hydrogens (primary N) is 1. The van der Waals surface area contributed by atoms with Crippen molar-refractivity contribution in [2.75, 3.05) is 6.54 Å². The Morgan fingerprint density at radius 1 is 1.65 bits per heavy atom. The highest BCUT2D eigenvalue weighted by Crippen LogP contribution is 2.34. The normalized spacial score (nSPS) is 13.6. The number of thiophene rings is 1. The maximum absolute atomic E-state index is 11.9. The Labute approximate surface area is 119 Å². The molecule has 0 aliphatic heterocycles. The van der Waals surface area contributed by atoms with E-state index < -0.39 is 10.0 Å². The number of hydrogen-bond donors (Lipinski definition) is 2. The van der Waals surface area contributed by atoms with Gasteiger partial charge in [0, 0.05) is 12.5 Å². The summed E-state index contributed by atoms with van der Waals surface area (Å²) in [6.07, 6.45) is 0. The van der Waals surface area contributed by atoms with Crippen molar-refractivity contribution < 1.29 is 8.42 Å². The highest BCUT2D eigenvalue weighted by molar-refractivity contribution is 7.89. The fourth-order valence-electron chi connectivity index (χ4n) is 0.921. The summed E-state index contributed by atoms with van der Waals surface area (Å²) in [4.78, 5) is 0.228. The molecule has 0 aliphatic carbocycles. The molecule has 0 saturated carbocycles. The number of thiocarbonyl (C=S) groups is 1. The lowest BCUT2D eigenvalue weighted by Gasteiger charge is -2.10. The number of sulfonamides is 1. The van der Waals surface area contributed by atoms with Crippen LogP contribution in [-0.2, 0) is 10.0 Å².